The lowest BCUT2D eigenvalue weighted by Gasteiger charge is -2.15. The highest BCUT2D eigenvalue weighted by atomic mass is 32.2. The molecule has 0 bridgehead atoms. The van der Waals surface area contributed by atoms with Gasteiger partial charge in [0, 0.05) is 6.54 Å². The Kier molecular flexibility index (Phi) is 8.62. The summed E-state index contributed by atoms with van der Waals surface area (Å²) in [5.41, 5.74) is 4.77. The minimum absolute atomic E-state index is 0.0811. The molecule has 0 saturated carbocycles. The quantitative estimate of drug-likeness (QED) is 0.201. The molecule has 0 radical (unpaired) electrons. The first-order chi connectivity index (χ1) is 19.5. The number of thioether (sulfide) groups is 1. The molecule has 0 N–H and O–H groups in total. The molecule has 4 aromatic carbocycles. The van der Waals surface area contributed by atoms with Crippen molar-refractivity contribution in [3.63, 3.8) is 0 Å². The molecule has 5 rings (SSSR count). The number of ether oxygens (including phenoxy) is 2. The molecule has 40 heavy (non-hydrogen) atoms. The minimum atomic E-state index is -0.288. The molecule has 202 valence electrons. The first-order valence-electron chi connectivity index (χ1n) is 12.9. The molecule has 1 saturated heterocycles. The van der Waals surface area contributed by atoms with Gasteiger partial charge in [-0.3, -0.25) is 9.69 Å². The van der Waals surface area contributed by atoms with Crippen LogP contribution in [-0.2, 0) is 17.8 Å². The molecule has 1 fully saturated rings. The maximum Gasteiger partial charge on any atom is 0.266 e. The van der Waals surface area contributed by atoms with Crippen molar-refractivity contribution >= 4 is 34.6 Å². The molecule has 0 aliphatic carbocycles. The van der Waals surface area contributed by atoms with Crippen molar-refractivity contribution in [3.8, 4) is 11.5 Å². The molecule has 1 aliphatic rings. The van der Waals surface area contributed by atoms with Crippen LogP contribution in [0.1, 0.15) is 22.3 Å². The van der Waals surface area contributed by atoms with Gasteiger partial charge in [-0.25, -0.2) is 9.38 Å². The molecule has 1 aliphatic heterocycles. The number of rotatable bonds is 9. The van der Waals surface area contributed by atoms with Crippen LogP contribution in [0.5, 0.6) is 11.5 Å². The van der Waals surface area contributed by atoms with Crippen molar-refractivity contribution < 1.29 is 18.7 Å². The summed E-state index contributed by atoms with van der Waals surface area (Å²) < 4.78 is 24.7. The molecule has 1 heterocycles. The number of hydrogen-bond donors (Lipinski definition) is 0. The Morgan fingerprint density at radius 2 is 1.65 bits per heavy atom. The lowest BCUT2D eigenvalue weighted by Crippen LogP contribution is -2.31. The smallest absolute Gasteiger partial charge is 0.266 e. The van der Waals surface area contributed by atoms with E-state index in [1.165, 1.54) is 23.9 Å². The van der Waals surface area contributed by atoms with E-state index in [9.17, 15) is 9.18 Å². The summed E-state index contributed by atoms with van der Waals surface area (Å²) in [6.45, 7) is 2.84. The lowest BCUT2D eigenvalue weighted by atomic mass is 10.1. The summed E-state index contributed by atoms with van der Waals surface area (Å²) in [7, 11) is 1.57. The second-order valence-corrected chi connectivity index (χ2v) is 10.4. The third-order valence-corrected chi connectivity index (χ3v) is 7.41. The number of amides is 1. The number of nitrogens with zero attached hydrogens (tertiary/aromatic N) is 2. The number of aryl methyl sites for hydroxylation is 1. The molecule has 0 spiro atoms. The van der Waals surface area contributed by atoms with Crippen molar-refractivity contribution in [1.29, 1.82) is 0 Å². The molecular weight excluding hydrogens is 523 g/mol. The fourth-order valence-corrected chi connectivity index (χ4v) is 5.21. The molecule has 0 atom stereocenters. The zero-order valence-electron chi connectivity index (χ0n) is 22.3. The van der Waals surface area contributed by atoms with E-state index in [1.54, 1.807) is 24.1 Å². The number of methoxy groups -OCH3 is 1. The fraction of sp³-hybridized carbons (Fsp3) is 0.152. The summed E-state index contributed by atoms with van der Waals surface area (Å²) in [6, 6.07) is 29.8. The Morgan fingerprint density at radius 1 is 0.900 bits per heavy atom. The van der Waals surface area contributed by atoms with E-state index in [2.05, 4.69) is 12.1 Å². The Bertz CT molecular complexity index is 1530. The van der Waals surface area contributed by atoms with Crippen molar-refractivity contribution in [3.05, 3.63) is 130 Å². The summed E-state index contributed by atoms with van der Waals surface area (Å²) in [6.07, 6.45) is 2.58. The van der Waals surface area contributed by atoms with Crippen LogP contribution >= 0.6 is 11.8 Å². The monoisotopic (exact) mass is 552 g/mol. The average molecular weight is 553 g/mol. The standard InChI is InChI=1S/C33H29FN2O3S/c1-23-8-15-28(16-9-23)35-33-36(19-18-24-6-4-3-5-7-24)32(37)31(40-33)21-26-12-17-29(30(20-26)38-2)39-22-25-10-13-27(34)14-11-25/h3-17,20-21H,18-19,22H2,1-2H3/b31-21+,35-33?. The van der Waals surface area contributed by atoms with E-state index in [0.717, 1.165) is 34.4 Å². The zero-order valence-corrected chi connectivity index (χ0v) is 23.2. The second-order valence-electron chi connectivity index (χ2n) is 9.36. The summed E-state index contributed by atoms with van der Waals surface area (Å²) in [5, 5.41) is 0.655. The molecule has 0 aromatic heterocycles. The highest BCUT2D eigenvalue weighted by Gasteiger charge is 2.33. The van der Waals surface area contributed by atoms with Crippen molar-refractivity contribution in [2.24, 2.45) is 4.99 Å². The van der Waals surface area contributed by atoms with Gasteiger partial charge in [-0.1, -0.05) is 66.2 Å². The average Bonchev–Trinajstić information content (AvgIpc) is 3.26. The van der Waals surface area contributed by atoms with Gasteiger partial charge in [-0.15, -0.1) is 0 Å². The lowest BCUT2D eigenvalue weighted by molar-refractivity contribution is -0.122. The normalized spacial score (nSPS) is 15.2. The highest BCUT2D eigenvalue weighted by Crippen LogP contribution is 2.36. The number of carbonyl (C=O) groups is 1. The Balaban J connectivity index is 1.37. The van der Waals surface area contributed by atoms with Crippen molar-refractivity contribution in [2.45, 2.75) is 20.0 Å². The number of halogens is 1. The Labute approximate surface area is 238 Å². The fourth-order valence-electron chi connectivity index (χ4n) is 4.19. The van der Waals surface area contributed by atoms with Crippen molar-refractivity contribution in [2.75, 3.05) is 13.7 Å². The predicted octanol–water partition coefficient (Wildman–Crippen LogP) is 7.57. The van der Waals surface area contributed by atoms with Crippen LogP contribution < -0.4 is 9.47 Å². The van der Waals surface area contributed by atoms with E-state index in [0.29, 0.717) is 28.1 Å². The van der Waals surface area contributed by atoms with E-state index >= 15 is 0 Å². The summed E-state index contributed by atoms with van der Waals surface area (Å²) in [5.74, 6) is 0.734. The first kappa shape index (κ1) is 27.2. The molecule has 0 unspecified atom stereocenters. The van der Waals surface area contributed by atoms with Crippen LogP contribution in [0, 0.1) is 12.7 Å². The van der Waals surface area contributed by atoms with E-state index in [4.69, 9.17) is 14.5 Å². The Hall–Kier alpha value is -4.36. The van der Waals surface area contributed by atoms with Gasteiger partial charge in [0.25, 0.3) is 5.91 Å². The van der Waals surface area contributed by atoms with Crippen LogP contribution in [0.15, 0.2) is 107 Å². The molecule has 4 aromatic rings. The van der Waals surface area contributed by atoms with E-state index in [1.807, 2.05) is 73.7 Å². The van der Waals surface area contributed by atoms with Crippen LogP contribution in [0.3, 0.4) is 0 Å². The zero-order chi connectivity index (χ0) is 27.9. The van der Waals surface area contributed by atoms with E-state index in [-0.39, 0.29) is 18.3 Å². The topological polar surface area (TPSA) is 51.1 Å². The van der Waals surface area contributed by atoms with Gasteiger partial charge < -0.3 is 9.47 Å². The van der Waals surface area contributed by atoms with Gasteiger partial charge in [0.15, 0.2) is 16.7 Å². The van der Waals surface area contributed by atoms with Gasteiger partial charge in [0.1, 0.15) is 12.4 Å². The van der Waals surface area contributed by atoms with Gasteiger partial charge in [0.2, 0.25) is 0 Å². The molecule has 1 amide bonds. The van der Waals surface area contributed by atoms with Gasteiger partial charge in [0.05, 0.1) is 17.7 Å². The molecule has 7 heteroatoms. The number of amidine groups is 1. The number of aliphatic imine (C=N–C) groups is 1. The van der Waals surface area contributed by atoms with Crippen LogP contribution in [0.4, 0.5) is 10.1 Å². The number of hydrogen-bond acceptors (Lipinski definition) is 5. The SMILES string of the molecule is COc1cc(/C=C2/SC(=Nc3ccc(C)cc3)N(CCc3ccccc3)C2=O)ccc1OCc1ccc(F)cc1. The van der Waals surface area contributed by atoms with Gasteiger partial charge in [-0.05, 0) is 84.3 Å². The van der Waals surface area contributed by atoms with Gasteiger partial charge >= 0.3 is 0 Å². The Morgan fingerprint density at radius 3 is 2.38 bits per heavy atom. The molecule has 5 nitrogen and oxygen atoms in total. The minimum Gasteiger partial charge on any atom is -0.493 e. The number of carbonyl (C=O) groups excluding carboxylic acids is 1. The maximum atomic E-state index is 13.6. The largest absolute Gasteiger partial charge is 0.493 e. The van der Waals surface area contributed by atoms with E-state index < -0.39 is 0 Å². The van der Waals surface area contributed by atoms with Gasteiger partial charge in [-0.2, -0.15) is 0 Å². The predicted molar refractivity (Wildman–Crippen MR) is 159 cm³/mol. The molecular formula is C33H29FN2O3S. The summed E-state index contributed by atoms with van der Waals surface area (Å²) in [4.78, 5) is 20.7. The third-order valence-electron chi connectivity index (χ3n) is 6.41. The van der Waals surface area contributed by atoms with Crippen LogP contribution in [0.2, 0.25) is 0 Å². The van der Waals surface area contributed by atoms with Crippen LogP contribution in [-0.4, -0.2) is 29.6 Å². The number of benzene rings is 4. The highest BCUT2D eigenvalue weighted by molar-refractivity contribution is 8.18. The van der Waals surface area contributed by atoms with Crippen LogP contribution in [0.25, 0.3) is 6.08 Å². The van der Waals surface area contributed by atoms with Crippen molar-refractivity contribution in [1.82, 2.24) is 4.90 Å². The third kappa shape index (κ3) is 6.79. The first-order valence-corrected chi connectivity index (χ1v) is 13.8. The second kappa shape index (κ2) is 12.7. The summed E-state index contributed by atoms with van der Waals surface area (Å²) >= 11 is 1.37. The maximum absolute atomic E-state index is 13.6.